The van der Waals surface area contributed by atoms with Gasteiger partial charge >= 0.3 is 0 Å². The number of hydrogen-bond donors (Lipinski definition) is 1. The summed E-state index contributed by atoms with van der Waals surface area (Å²) in [5.74, 6) is 0.947. The molecule has 0 aliphatic carbocycles. The van der Waals surface area contributed by atoms with Crippen LogP contribution in [0, 0.1) is 0 Å². The number of benzene rings is 1. The Labute approximate surface area is 127 Å². The van der Waals surface area contributed by atoms with Crippen LogP contribution in [0.3, 0.4) is 0 Å². The lowest BCUT2D eigenvalue weighted by Gasteiger charge is -2.24. The zero-order valence-electron chi connectivity index (χ0n) is 13.6. The number of rotatable bonds is 8. The van der Waals surface area contributed by atoms with E-state index in [1.54, 1.807) is 26.1 Å². The minimum atomic E-state index is 0.109. The maximum atomic E-state index is 11.9. The Morgan fingerprint density at radius 1 is 1.33 bits per heavy atom. The topological polar surface area (TPSA) is 58.8 Å². The third kappa shape index (κ3) is 5.36. The van der Waals surface area contributed by atoms with Crippen molar-refractivity contribution in [3.8, 4) is 5.75 Å². The minimum absolute atomic E-state index is 0.109. The molecule has 0 unspecified atom stereocenters. The van der Waals surface area contributed by atoms with Crippen molar-refractivity contribution < 1.29 is 9.53 Å². The van der Waals surface area contributed by atoms with Gasteiger partial charge in [0.25, 0.3) is 0 Å². The minimum Gasteiger partial charge on any atom is -0.496 e. The predicted molar refractivity (Wildman–Crippen MR) is 85.1 cm³/mol. The molecule has 0 atom stereocenters. The molecule has 118 valence electrons. The Balaban J connectivity index is 2.89. The maximum Gasteiger partial charge on any atom is 0.236 e. The summed E-state index contributed by atoms with van der Waals surface area (Å²) in [5.41, 5.74) is 7.85. The highest BCUT2D eigenvalue weighted by atomic mass is 16.5. The van der Waals surface area contributed by atoms with E-state index in [1.165, 1.54) is 0 Å². The summed E-state index contributed by atoms with van der Waals surface area (Å²) < 4.78 is 5.41. The van der Waals surface area contributed by atoms with Crippen LogP contribution < -0.4 is 10.5 Å². The fraction of sp³-hybridized carbons (Fsp3) is 0.562. The van der Waals surface area contributed by atoms with Gasteiger partial charge in [-0.1, -0.05) is 13.0 Å². The van der Waals surface area contributed by atoms with E-state index in [2.05, 4.69) is 17.9 Å². The smallest absolute Gasteiger partial charge is 0.236 e. The zero-order chi connectivity index (χ0) is 15.8. The van der Waals surface area contributed by atoms with Gasteiger partial charge in [-0.15, -0.1) is 0 Å². The average molecular weight is 293 g/mol. The number of carbonyl (C=O) groups is 1. The Hall–Kier alpha value is -1.59. The molecule has 1 aromatic carbocycles. The van der Waals surface area contributed by atoms with Gasteiger partial charge in [-0.2, -0.15) is 0 Å². The molecule has 1 amide bonds. The quantitative estimate of drug-likeness (QED) is 0.788. The Kier molecular flexibility index (Phi) is 7.19. The van der Waals surface area contributed by atoms with Crippen LogP contribution in [0.4, 0.5) is 0 Å². The highest BCUT2D eigenvalue weighted by Crippen LogP contribution is 2.21. The second kappa shape index (κ2) is 8.64. The van der Waals surface area contributed by atoms with Crippen molar-refractivity contribution in [3.05, 3.63) is 29.3 Å². The van der Waals surface area contributed by atoms with Crippen molar-refractivity contribution in [3.63, 3.8) is 0 Å². The summed E-state index contributed by atoms with van der Waals surface area (Å²) in [6, 6.07) is 5.97. The number of nitrogens with two attached hydrogens (primary N) is 1. The summed E-state index contributed by atoms with van der Waals surface area (Å²) in [7, 11) is 5.22. The molecule has 5 nitrogen and oxygen atoms in total. The first-order valence-electron chi connectivity index (χ1n) is 7.30. The van der Waals surface area contributed by atoms with Gasteiger partial charge in [0.05, 0.1) is 13.7 Å². The lowest BCUT2D eigenvalue weighted by Crippen LogP contribution is -2.36. The number of carbonyl (C=O) groups excluding carboxylic acids is 1. The zero-order valence-corrected chi connectivity index (χ0v) is 13.6. The third-order valence-corrected chi connectivity index (χ3v) is 3.37. The molecular weight excluding hydrogens is 266 g/mol. The van der Waals surface area contributed by atoms with Gasteiger partial charge in [0.1, 0.15) is 5.75 Å². The molecule has 0 fully saturated rings. The first-order chi connectivity index (χ1) is 10.0. The van der Waals surface area contributed by atoms with Gasteiger partial charge in [-0.3, -0.25) is 9.69 Å². The fourth-order valence-electron chi connectivity index (χ4n) is 2.19. The second-order valence-corrected chi connectivity index (χ2v) is 5.35. The van der Waals surface area contributed by atoms with Crippen LogP contribution in [0.2, 0.25) is 0 Å². The maximum absolute atomic E-state index is 11.9. The van der Waals surface area contributed by atoms with Crippen molar-refractivity contribution in [2.24, 2.45) is 5.73 Å². The van der Waals surface area contributed by atoms with Crippen LogP contribution in [0.15, 0.2) is 18.2 Å². The largest absolute Gasteiger partial charge is 0.496 e. The van der Waals surface area contributed by atoms with Gasteiger partial charge in [0.15, 0.2) is 0 Å². The molecule has 0 heterocycles. The van der Waals surface area contributed by atoms with E-state index < -0.39 is 0 Å². The van der Waals surface area contributed by atoms with Crippen LogP contribution in [0.1, 0.15) is 24.5 Å². The third-order valence-electron chi connectivity index (χ3n) is 3.37. The van der Waals surface area contributed by atoms with E-state index in [-0.39, 0.29) is 5.91 Å². The number of methoxy groups -OCH3 is 1. The molecule has 0 radical (unpaired) electrons. The predicted octanol–water partition coefficient (Wildman–Crippen LogP) is 1.45. The van der Waals surface area contributed by atoms with Gasteiger partial charge in [-0.25, -0.2) is 0 Å². The van der Waals surface area contributed by atoms with Crippen LogP contribution >= 0.6 is 0 Å². The van der Waals surface area contributed by atoms with Crippen LogP contribution in [-0.2, 0) is 17.9 Å². The fourth-order valence-corrected chi connectivity index (χ4v) is 2.19. The summed E-state index contributed by atoms with van der Waals surface area (Å²) in [6.45, 7) is 4.58. The molecular formula is C16H27N3O2. The van der Waals surface area contributed by atoms with Crippen LogP contribution in [0.5, 0.6) is 5.75 Å². The van der Waals surface area contributed by atoms with Crippen molar-refractivity contribution in [2.45, 2.75) is 26.4 Å². The first-order valence-corrected chi connectivity index (χ1v) is 7.30. The van der Waals surface area contributed by atoms with E-state index >= 15 is 0 Å². The molecule has 0 saturated heterocycles. The average Bonchev–Trinajstić information content (AvgIpc) is 2.47. The molecule has 0 spiro atoms. The van der Waals surface area contributed by atoms with E-state index in [0.717, 1.165) is 29.8 Å². The van der Waals surface area contributed by atoms with Crippen molar-refractivity contribution in [1.29, 1.82) is 0 Å². The molecule has 0 saturated carbocycles. The lowest BCUT2D eigenvalue weighted by atomic mass is 10.1. The highest BCUT2D eigenvalue weighted by molar-refractivity contribution is 5.77. The normalized spacial score (nSPS) is 10.8. The van der Waals surface area contributed by atoms with E-state index in [0.29, 0.717) is 19.6 Å². The van der Waals surface area contributed by atoms with E-state index in [1.807, 2.05) is 12.1 Å². The second-order valence-electron chi connectivity index (χ2n) is 5.35. The van der Waals surface area contributed by atoms with Crippen molar-refractivity contribution in [2.75, 3.05) is 34.3 Å². The highest BCUT2D eigenvalue weighted by Gasteiger charge is 2.14. The molecule has 0 aliphatic heterocycles. The number of hydrogen-bond acceptors (Lipinski definition) is 4. The molecule has 2 N–H and O–H groups in total. The van der Waals surface area contributed by atoms with Gasteiger partial charge in [0.2, 0.25) is 5.91 Å². The van der Waals surface area contributed by atoms with Gasteiger partial charge in [-0.05, 0) is 30.7 Å². The monoisotopic (exact) mass is 293 g/mol. The standard InChI is InChI=1S/C16H27N3O2/c1-5-8-19(12-16(20)18(2)3)11-14-9-13(10-17)6-7-15(14)21-4/h6-7,9H,5,8,10-12,17H2,1-4H3. The Morgan fingerprint density at radius 2 is 2.05 bits per heavy atom. The molecule has 5 heteroatoms. The number of ether oxygens (including phenoxy) is 1. The van der Waals surface area contributed by atoms with Crippen LogP contribution in [0.25, 0.3) is 0 Å². The Bertz CT molecular complexity index is 461. The van der Waals surface area contributed by atoms with Crippen molar-refractivity contribution in [1.82, 2.24) is 9.80 Å². The first kappa shape index (κ1) is 17.5. The number of amides is 1. The van der Waals surface area contributed by atoms with E-state index in [4.69, 9.17) is 10.5 Å². The van der Waals surface area contributed by atoms with Gasteiger partial charge < -0.3 is 15.4 Å². The summed E-state index contributed by atoms with van der Waals surface area (Å²) >= 11 is 0. The SMILES string of the molecule is CCCN(CC(=O)N(C)C)Cc1cc(CN)ccc1OC. The molecule has 1 aromatic rings. The molecule has 0 aliphatic rings. The summed E-state index contributed by atoms with van der Waals surface area (Å²) in [5, 5.41) is 0. The van der Waals surface area contributed by atoms with E-state index in [9.17, 15) is 4.79 Å². The lowest BCUT2D eigenvalue weighted by molar-refractivity contribution is -0.130. The Morgan fingerprint density at radius 3 is 2.57 bits per heavy atom. The molecule has 0 aromatic heterocycles. The summed E-state index contributed by atoms with van der Waals surface area (Å²) in [4.78, 5) is 15.7. The molecule has 0 bridgehead atoms. The van der Waals surface area contributed by atoms with Gasteiger partial charge in [0, 0.05) is 32.7 Å². The summed E-state index contributed by atoms with van der Waals surface area (Å²) in [6.07, 6.45) is 1.000. The van der Waals surface area contributed by atoms with Crippen molar-refractivity contribution >= 4 is 5.91 Å². The number of likely N-dealkylation sites (N-methyl/N-ethyl adjacent to an activating group) is 1. The van der Waals surface area contributed by atoms with Crippen LogP contribution in [-0.4, -0.2) is 50.0 Å². The number of nitrogens with zero attached hydrogens (tertiary/aromatic N) is 2. The molecule has 1 rings (SSSR count). The molecule has 21 heavy (non-hydrogen) atoms.